The molecule has 0 spiro atoms. The van der Waals surface area contributed by atoms with E-state index in [4.69, 9.17) is 0 Å². The molecule has 0 aromatic carbocycles. The van der Waals surface area contributed by atoms with E-state index in [1.807, 2.05) is 10.8 Å². The minimum absolute atomic E-state index is 0.977. The molecule has 1 heterocycles. The molecule has 15 heavy (non-hydrogen) atoms. The molecular weight excluding hydrogens is 182 g/mol. The van der Waals surface area contributed by atoms with Crippen molar-refractivity contribution in [2.24, 2.45) is 0 Å². The van der Waals surface area contributed by atoms with Gasteiger partial charge < -0.3 is 0 Å². The summed E-state index contributed by atoms with van der Waals surface area (Å²) in [4.78, 5) is 0. The lowest BCUT2D eigenvalue weighted by molar-refractivity contribution is -0.416. The van der Waals surface area contributed by atoms with Crippen molar-refractivity contribution in [3.05, 3.63) is 66.4 Å². The first-order valence-electron chi connectivity index (χ1n) is 5.21. The first-order chi connectivity index (χ1) is 7.38. The normalized spacial score (nSPS) is 20.1. The second-order valence-electron chi connectivity index (χ2n) is 3.56. The van der Waals surface area contributed by atoms with Crippen molar-refractivity contribution >= 4 is 6.72 Å². The minimum Gasteiger partial charge on any atom is -0.255 e. The average Bonchev–Trinajstić information content (AvgIpc) is 2.59. The Kier molecular flexibility index (Phi) is 3.03. The summed E-state index contributed by atoms with van der Waals surface area (Å²) in [5, 5.41) is 0. The van der Waals surface area contributed by atoms with Crippen LogP contribution in [0.2, 0.25) is 0 Å². The average molecular weight is 197 g/mol. The van der Waals surface area contributed by atoms with Crippen LogP contribution in [0.25, 0.3) is 0 Å². The molecule has 0 saturated carbocycles. The molecule has 0 atom stereocenters. The quantitative estimate of drug-likeness (QED) is 0.449. The molecule has 1 aliphatic carbocycles. The van der Waals surface area contributed by atoms with E-state index >= 15 is 0 Å². The molecule has 0 N–H and O–H groups in total. The maximum atomic E-state index is 4.01. The minimum atomic E-state index is 0.977. The molecule has 0 saturated heterocycles. The molecule has 1 aliphatic heterocycles. The Labute approximate surface area is 91.1 Å². The van der Waals surface area contributed by atoms with Crippen LogP contribution in [0.1, 0.15) is 12.8 Å². The van der Waals surface area contributed by atoms with E-state index in [9.17, 15) is 0 Å². The van der Waals surface area contributed by atoms with Crippen LogP contribution < -0.4 is 0 Å². The summed E-state index contributed by atoms with van der Waals surface area (Å²) < 4.78 is 1.92. The Morgan fingerprint density at radius 2 is 2.07 bits per heavy atom. The van der Waals surface area contributed by atoms with Crippen molar-refractivity contribution in [2.75, 3.05) is 0 Å². The zero-order chi connectivity index (χ0) is 10.5. The van der Waals surface area contributed by atoms with Gasteiger partial charge in [0.2, 0.25) is 0 Å². The highest BCUT2D eigenvalue weighted by Crippen LogP contribution is 2.22. The molecule has 1 nitrogen and oxygen atoms in total. The van der Waals surface area contributed by atoms with Crippen molar-refractivity contribution in [3.8, 4) is 0 Å². The summed E-state index contributed by atoms with van der Waals surface area (Å²) in [6.45, 7) is 4.01. The lowest BCUT2D eigenvalue weighted by Crippen LogP contribution is -2.10. The van der Waals surface area contributed by atoms with Crippen molar-refractivity contribution in [3.63, 3.8) is 0 Å². The van der Waals surface area contributed by atoms with Gasteiger partial charge in [0.25, 0.3) is 0 Å². The van der Waals surface area contributed by atoms with Gasteiger partial charge in [-0.25, -0.2) is 0 Å². The molecule has 0 fully saturated rings. The molecule has 1 heteroatoms. The number of rotatable bonds is 1. The monoisotopic (exact) mass is 197 g/mol. The third-order valence-electron chi connectivity index (χ3n) is 2.44. The maximum Gasteiger partial charge on any atom is 0.146 e. The second-order valence-corrected chi connectivity index (χ2v) is 3.56. The fourth-order valence-electron chi connectivity index (χ4n) is 1.65. The standard InChI is InChI=1S/C14H15N/c1-15-12-8-4-7-11-14(15)13-9-5-2-3-6-10-13/h2-3,5,7-12H,1,4,6H2. The Bertz CT molecular complexity index is 392. The zero-order valence-corrected chi connectivity index (χ0v) is 8.76. The molecule has 2 aliphatic rings. The number of hydrogen-bond acceptors (Lipinski definition) is 0. The molecule has 0 unspecified atom stereocenters. The predicted octanol–water partition coefficient (Wildman–Crippen LogP) is 3.15. The summed E-state index contributed by atoms with van der Waals surface area (Å²) in [5.74, 6) is 0. The highest BCUT2D eigenvalue weighted by Gasteiger charge is 2.13. The van der Waals surface area contributed by atoms with Crippen molar-refractivity contribution < 1.29 is 4.58 Å². The molecule has 2 rings (SSSR count). The Morgan fingerprint density at radius 3 is 3.00 bits per heavy atom. The third-order valence-corrected chi connectivity index (χ3v) is 2.44. The Hall–Kier alpha value is -1.76. The molecule has 0 aromatic rings. The Balaban J connectivity index is 2.25. The first kappa shape index (κ1) is 9.78. The molecule has 0 bridgehead atoms. The highest BCUT2D eigenvalue weighted by molar-refractivity contribution is 5.41. The van der Waals surface area contributed by atoms with Crippen LogP contribution in [0.3, 0.4) is 0 Å². The molecule has 0 amide bonds. The van der Waals surface area contributed by atoms with Gasteiger partial charge in [0.15, 0.2) is 0 Å². The van der Waals surface area contributed by atoms with E-state index in [1.54, 1.807) is 0 Å². The van der Waals surface area contributed by atoms with Crippen molar-refractivity contribution in [2.45, 2.75) is 12.8 Å². The van der Waals surface area contributed by atoms with E-state index in [-0.39, 0.29) is 0 Å². The van der Waals surface area contributed by atoms with Crippen LogP contribution in [0.5, 0.6) is 0 Å². The summed E-state index contributed by atoms with van der Waals surface area (Å²) >= 11 is 0. The maximum absolute atomic E-state index is 4.01. The van der Waals surface area contributed by atoms with Gasteiger partial charge >= 0.3 is 0 Å². The smallest absolute Gasteiger partial charge is 0.146 e. The van der Waals surface area contributed by atoms with Crippen LogP contribution >= 0.6 is 0 Å². The van der Waals surface area contributed by atoms with Gasteiger partial charge in [-0.3, -0.25) is 4.58 Å². The summed E-state index contributed by atoms with van der Waals surface area (Å²) in [7, 11) is 0. The van der Waals surface area contributed by atoms with Crippen LogP contribution in [0, 0.1) is 6.04 Å². The van der Waals surface area contributed by atoms with Crippen LogP contribution in [0.15, 0.2) is 60.4 Å². The van der Waals surface area contributed by atoms with Gasteiger partial charge in [-0.2, -0.15) is 0 Å². The molecule has 0 radical (unpaired) electrons. The van der Waals surface area contributed by atoms with E-state index in [0.29, 0.717) is 0 Å². The van der Waals surface area contributed by atoms with E-state index in [0.717, 1.165) is 18.9 Å². The number of allylic oxidation sites excluding steroid dienone is 6. The predicted molar refractivity (Wildman–Crippen MR) is 64.5 cm³/mol. The van der Waals surface area contributed by atoms with Gasteiger partial charge in [0.05, 0.1) is 6.72 Å². The first-order valence-corrected chi connectivity index (χ1v) is 5.21. The lowest BCUT2D eigenvalue weighted by atomic mass is 10.1. The molecular formula is C14H15N. The highest BCUT2D eigenvalue weighted by atomic mass is 15.0. The summed E-state index contributed by atoms with van der Waals surface area (Å²) in [5.41, 5.74) is 1.23. The Morgan fingerprint density at radius 1 is 1.13 bits per heavy atom. The SMILES string of the molecule is C=[N+]1C=CCC=C[C-]1C1=CCC=CC=C1. The fraction of sp³-hybridized carbons (Fsp3) is 0.143. The summed E-state index contributed by atoms with van der Waals surface area (Å²) in [6.07, 6.45) is 21.0. The van der Waals surface area contributed by atoms with E-state index in [1.165, 1.54) is 5.57 Å². The van der Waals surface area contributed by atoms with Gasteiger partial charge in [0, 0.05) is 0 Å². The number of hydrogen-bond donors (Lipinski definition) is 0. The fourth-order valence-corrected chi connectivity index (χ4v) is 1.65. The zero-order valence-electron chi connectivity index (χ0n) is 8.76. The van der Waals surface area contributed by atoms with Crippen LogP contribution in [0.4, 0.5) is 0 Å². The van der Waals surface area contributed by atoms with Gasteiger partial charge in [-0.15, -0.1) is 18.2 Å². The second kappa shape index (κ2) is 4.65. The molecule has 0 aromatic heterocycles. The third kappa shape index (κ3) is 2.38. The van der Waals surface area contributed by atoms with Gasteiger partial charge in [0.1, 0.15) is 12.2 Å². The van der Waals surface area contributed by atoms with Gasteiger partial charge in [-0.1, -0.05) is 24.3 Å². The molecule has 76 valence electrons. The van der Waals surface area contributed by atoms with Crippen LogP contribution in [-0.4, -0.2) is 11.3 Å². The van der Waals surface area contributed by atoms with E-state index < -0.39 is 0 Å². The summed E-state index contributed by atoms with van der Waals surface area (Å²) in [6, 6.07) is 1.16. The van der Waals surface area contributed by atoms with Crippen LogP contribution in [-0.2, 0) is 0 Å². The topological polar surface area (TPSA) is 3.01 Å². The van der Waals surface area contributed by atoms with Crippen molar-refractivity contribution in [1.29, 1.82) is 0 Å². The van der Waals surface area contributed by atoms with E-state index in [2.05, 4.69) is 55.3 Å². The van der Waals surface area contributed by atoms with Crippen molar-refractivity contribution in [1.82, 2.24) is 0 Å². The number of nitrogens with zero attached hydrogens (tertiary/aromatic N) is 1. The lowest BCUT2D eigenvalue weighted by Gasteiger charge is -2.13. The largest absolute Gasteiger partial charge is 0.255 e. The van der Waals surface area contributed by atoms with Gasteiger partial charge in [-0.05, 0) is 24.5 Å².